The standard InChI is InChI=1S/C14H25N3O2SSi/c1-21(2,3)19-12-4-8-17(9-5-12)10-6-13(18)16-14-15-7-11-20-14/h7,11-12H,4-6,8-10H2,1-3H3,(H,15,16,18). The molecule has 2 heterocycles. The molecular weight excluding hydrogens is 302 g/mol. The highest BCUT2D eigenvalue weighted by Gasteiger charge is 2.25. The summed E-state index contributed by atoms with van der Waals surface area (Å²) in [4.78, 5) is 18.2. The molecule has 1 aromatic heterocycles. The molecule has 0 spiro atoms. The number of amides is 1. The van der Waals surface area contributed by atoms with Crippen molar-refractivity contribution in [3.8, 4) is 0 Å². The van der Waals surface area contributed by atoms with Crippen LogP contribution in [-0.2, 0) is 9.22 Å². The average molecular weight is 328 g/mol. The van der Waals surface area contributed by atoms with Crippen LogP contribution in [0.5, 0.6) is 0 Å². The van der Waals surface area contributed by atoms with Crippen LogP contribution in [0.4, 0.5) is 5.13 Å². The van der Waals surface area contributed by atoms with Crippen molar-refractivity contribution in [1.29, 1.82) is 0 Å². The number of carbonyl (C=O) groups is 1. The zero-order valence-corrected chi connectivity index (χ0v) is 14.9. The van der Waals surface area contributed by atoms with Gasteiger partial charge in [-0.1, -0.05) is 0 Å². The molecule has 0 bridgehead atoms. The number of hydrogen-bond donors (Lipinski definition) is 1. The zero-order chi connectivity index (χ0) is 15.3. The van der Waals surface area contributed by atoms with E-state index in [0.29, 0.717) is 17.7 Å². The van der Waals surface area contributed by atoms with Crippen molar-refractivity contribution in [3.63, 3.8) is 0 Å². The minimum Gasteiger partial charge on any atom is -0.415 e. The Morgan fingerprint density at radius 3 is 2.76 bits per heavy atom. The number of hydrogen-bond acceptors (Lipinski definition) is 5. The molecule has 1 aromatic rings. The van der Waals surface area contributed by atoms with Gasteiger partial charge in [-0.25, -0.2) is 4.98 Å². The summed E-state index contributed by atoms with van der Waals surface area (Å²) in [6.07, 6.45) is 4.80. The van der Waals surface area contributed by atoms with Crippen LogP contribution in [-0.4, -0.2) is 49.8 Å². The predicted molar refractivity (Wildman–Crippen MR) is 89.3 cm³/mol. The lowest BCUT2D eigenvalue weighted by atomic mass is 10.1. The zero-order valence-electron chi connectivity index (χ0n) is 13.1. The van der Waals surface area contributed by atoms with E-state index in [1.54, 1.807) is 6.20 Å². The number of nitrogens with zero attached hydrogens (tertiary/aromatic N) is 2. The molecule has 0 radical (unpaired) electrons. The Bertz CT molecular complexity index is 440. The molecule has 21 heavy (non-hydrogen) atoms. The van der Waals surface area contributed by atoms with E-state index in [0.717, 1.165) is 32.5 Å². The second-order valence-corrected chi connectivity index (χ2v) is 11.8. The summed E-state index contributed by atoms with van der Waals surface area (Å²) in [5, 5.41) is 5.37. The summed E-state index contributed by atoms with van der Waals surface area (Å²) in [6.45, 7) is 9.59. The lowest BCUT2D eigenvalue weighted by Crippen LogP contribution is -2.42. The first kappa shape index (κ1) is 16.6. The number of anilines is 1. The number of piperidine rings is 1. The van der Waals surface area contributed by atoms with Crippen molar-refractivity contribution in [3.05, 3.63) is 11.6 Å². The van der Waals surface area contributed by atoms with Gasteiger partial charge in [-0.2, -0.15) is 0 Å². The second kappa shape index (κ2) is 7.48. The van der Waals surface area contributed by atoms with Gasteiger partial charge in [0.2, 0.25) is 5.91 Å². The predicted octanol–water partition coefficient (Wildman–Crippen LogP) is 2.79. The van der Waals surface area contributed by atoms with Crippen molar-refractivity contribution in [2.45, 2.75) is 45.0 Å². The summed E-state index contributed by atoms with van der Waals surface area (Å²) in [7, 11) is -1.43. The minimum absolute atomic E-state index is 0.0467. The average Bonchev–Trinajstić information content (AvgIpc) is 2.89. The number of thiazole rings is 1. The Morgan fingerprint density at radius 2 is 2.19 bits per heavy atom. The first-order valence-corrected chi connectivity index (χ1v) is 11.8. The maximum atomic E-state index is 11.8. The van der Waals surface area contributed by atoms with E-state index >= 15 is 0 Å². The van der Waals surface area contributed by atoms with Gasteiger partial charge in [-0.3, -0.25) is 4.79 Å². The lowest BCUT2D eigenvalue weighted by Gasteiger charge is -2.35. The first-order valence-electron chi connectivity index (χ1n) is 7.52. The van der Waals surface area contributed by atoms with Crippen molar-refractivity contribution in [1.82, 2.24) is 9.88 Å². The van der Waals surface area contributed by atoms with Crippen LogP contribution in [0.1, 0.15) is 19.3 Å². The van der Waals surface area contributed by atoms with E-state index in [4.69, 9.17) is 4.43 Å². The number of nitrogens with one attached hydrogen (secondary N) is 1. The van der Waals surface area contributed by atoms with Crippen molar-refractivity contribution in [2.75, 3.05) is 25.0 Å². The third kappa shape index (κ3) is 6.25. The molecular formula is C14H25N3O2SSi. The molecule has 1 aliphatic heterocycles. The van der Waals surface area contributed by atoms with E-state index in [-0.39, 0.29) is 5.91 Å². The summed E-state index contributed by atoms with van der Waals surface area (Å²) in [6, 6.07) is 0. The Kier molecular flexibility index (Phi) is 5.92. The molecule has 0 unspecified atom stereocenters. The molecule has 0 aliphatic carbocycles. The van der Waals surface area contributed by atoms with Gasteiger partial charge < -0.3 is 14.6 Å². The Hall–Kier alpha value is -0.763. The lowest BCUT2D eigenvalue weighted by molar-refractivity contribution is -0.116. The molecule has 118 valence electrons. The van der Waals surface area contributed by atoms with Gasteiger partial charge in [-0.05, 0) is 32.5 Å². The van der Waals surface area contributed by atoms with Crippen LogP contribution in [0, 0.1) is 0 Å². The van der Waals surface area contributed by atoms with E-state index in [1.807, 2.05) is 5.38 Å². The smallest absolute Gasteiger partial charge is 0.227 e. The van der Waals surface area contributed by atoms with Crippen LogP contribution in [0.15, 0.2) is 11.6 Å². The fourth-order valence-electron chi connectivity index (χ4n) is 2.48. The van der Waals surface area contributed by atoms with Crippen molar-refractivity contribution >= 4 is 30.7 Å². The molecule has 1 fully saturated rings. The summed E-state index contributed by atoms with van der Waals surface area (Å²) >= 11 is 1.45. The van der Waals surface area contributed by atoms with Crippen molar-refractivity contribution in [2.24, 2.45) is 0 Å². The Morgan fingerprint density at radius 1 is 1.48 bits per heavy atom. The van der Waals surface area contributed by atoms with Crippen molar-refractivity contribution < 1.29 is 9.22 Å². The van der Waals surface area contributed by atoms with E-state index in [1.165, 1.54) is 11.3 Å². The molecule has 0 atom stereocenters. The normalized spacial score (nSPS) is 17.9. The molecule has 1 saturated heterocycles. The van der Waals surface area contributed by atoms with Crippen LogP contribution in [0.25, 0.3) is 0 Å². The van der Waals surface area contributed by atoms with Gasteiger partial charge in [0.05, 0.1) is 0 Å². The van der Waals surface area contributed by atoms with Gasteiger partial charge in [0.25, 0.3) is 0 Å². The van der Waals surface area contributed by atoms with Gasteiger partial charge in [-0.15, -0.1) is 11.3 Å². The van der Waals surface area contributed by atoms with Gasteiger partial charge in [0, 0.05) is 43.7 Å². The molecule has 7 heteroatoms. The van der Waals surface area contributed by atoms with Gasteiger partial charge in [0.15, 0.2) is 13.4 Å². The topological polar surface area (TPSA) is 54.5 Å². The monoisotopic (exact) mass is 327 g/mol. The molecule has 1 aliphatic rings. The number of rotatable bonds is 6. The summed E-state index contributed by atoms with van der Waals surface area (Å²) in [5.41, 5.74) is 0. The molecule has 2 rings (SSSR count). The van der Waals surface area contributed by atoms with Crippen LogP contribution in [0.3, 0.4) is 0 Å². The fourth-order valence-corrected chi connectivity index (χ4v) is 4.26. The highest BCUT2D eigenvalue weighted by Crippen LogP contribution is 2.18. The Balaban J connectivity index is 1.63. The first-order chi connectivity index (χ1) is 9.92. The second-order valence-electron chi connectivity index (χ2n) is 6.41. The summed E-state index contributed by atoms with van der Waals surface area (Å²) < 4.78 is 6.15. The molecule has 1 N–H and O–H groups in total. The van der Waals surface area contributed by atoms with Gasteiger partial charge in [0.1, 0.15) is 0 Å². The number of aromatic nitrogens is 1. The molecule has 1 amide bonds. The fraction of sp³-hybridized carbons (Fsp3) is 0.714. The summed E-state index contributed by atoms with van der Waals surface area (Å²) in [5.74, 6) is 0.0467. The SMILES string of the molecule is C[Si](C)(C)OC1CCN(CCC(=O)Nc2nccs2)CC1. The maximum Gasteiger partial charge on any atom is 0.227 e. The third-order valence-corrected chi connectivity index (χ3v) is 5.12. The van der Waals surface area contributed by atoms with E-state index in [2.05, 4.69) is 34.8 Å². The highest BCUT2D eigenvalue weighted by atomic mass is 32.1. The quantitative estimate of drug-likeness (QED) is 0.816. The molecule has 0 saturated carbocycles. The highest BCUT2D eigenvalue weighted by molar-refractivity contribution is 7.13. The number of likely N-dealkylation sites (tertiary alicyclic amines) is 1. The van der Waals surface area contributed by atoms with Crippen LogP contribution < -0.4 is 5.32 Å². The number of carbonyl (C=O) groups excluding carboxylic acids is 1. The molecule has 0 aromatic carbocycles. The molecule has 5 nitrogen and oxygen atoms in total. The third-order valence-electron chi connectivity index (χ3n) is 3.39. The van der Waals surface area contributed by atoms with Gasteiger partial charge >= 0.3 is 0 Å². The largest absolute Gasteiger partial charge is 0.415 e. The Labute approximate surface area is 131 Å². The maximum absolute atomic E-state index is 11.8. The van der Waals surface area contributed by atoms with E-state index < -0.39 is 8.32 Å². The minimum atomic E-state index is -1.43. The van der Waals surface area contributed by atoms with Crippen LogP contribution >= 0.6 is 11.3 Å². The van der Waals surface area contributed by atoms with E-state index in [9.17, 15) is 4.79 Å². The van der Waals surface area contributed by atoms with Crippen LogP contribution in [0.2, 0.25) is 19.6 Å².